The topological polar surface area (TPSA) is 82.1 Å². The van der Waals surface area contributed by atoms with E-state index in [-0.39, 0.29) is 11.8 Å². The monoisotopic (exact) mass is 307 g/mol. The minimum atomic E-state index is -1.07. The first-order valence-corrected chi connectivity index (χ1v) is 7.18. The lowest BCUT2D eigenvalue weighted by Gasteiger charge is -2.34. The van der Waals surface area contributed by atoms with Crippen molar-refractivity contribution in [3.8, 4) is 0 Å². The summed E-state index contributed by atoms with van der Waals surface area (Å²) in [5.74, 6) is 0.0114. The highest BCUT2D eigenvalue weighted by molar-refractivity contribution is 5.83. The number of hydroxylamine groups is 2. The quantitative estimate of drug-likeness (QED) is 0.832. The number of carbonyl (C=O) groups excluding carboxylic acids is 1. The minimum absolute atomic E-state index is 0.00542. The second-order valence-electron chi connectivity index (χ2n) is 5.26. The van der Waals surface area contributed by atoms with Gasteiger partial charge in [0.2, 0.25) is 5.91 Å². The Morgan fingerprint density at radius 3 is 2.36 bits per heavy atom. The van der Waals surface area contributed by atoms with E-state index in [2.05, 4.69) is 10.2 Å². The van der Waals surface area contributed by atoms with Crippen LogP contribution in [-0.2, 0) is 9.63 Å². The largest absolute Gasteiger partial charge is 0.465 e. The van der Waals surface area contributed by atoms with Crippen LogP contribution in [0.25, 0.3) is 0 Å². The van der Waals surface area contributed by atoms with Crippen LogP contribution in [-0.4, -0.2) is 49.4 Å². The number of anilines is 2. The molecule has 1 aliphatic heterocycles. The highest BCUT2D eigenvalue weighted by Gasteiger charge is 2.27. The molecular weight excluding hydrogens is 286 g/mol. The third-order valence-electron chi connectivity index (χ3n) is 3.91. The molecule has 1 aromatic carbocycles. The zero-order valence-corrected chi connectivity index (χ0v) is 12.8. The zero-order chi connectivity index (χ0) is 16.1. The van der Waals surface area contributed by atoms with Crippen molar-refractivity contribution >= 4 is 23.4 Å². The number of amides is 2. The second kappa shape index (κ2) is 7.13. The summed E-state index contributed by atoms with van der Waals surface area (Å²) in [5, 5.41) is 12.3. The Balaban J connectivity index is 1.91. The van der Waals surface area contributed by atoms with Gasteiger partial charge in [-0.3, -0.25) is 14.9 Å². The van der Waals surface area contributed by atoms with Gasteiger partial charge < -0.3 is 10.0 Å². The van der Waals surface area contributed by atoms with E-state index >= 15 is 0 Å². The number of benzene rings is 1. The van der Waals surface area contributed by atoms with Gasteiger partial charge in [-0.25, -0.2) is 9.86 Å². The molecule has 22 heavy (non-hydrogen) atoms. The molecule has 2 amide bonds. The molecule has 0 saturated carbocycles. The molecule has 1 fully saturated rings. The number of nitrogens with one attached hydrogen (secondary N) is 1. The molecule has 7 nitrogen and oxygen atoms in total. The lowest BCUT2D eigenvalue weighted by molar-refractivity contribution is -0.174. The van der Waals surface area contributed by atoms with Crippen LogP contribution in [0.15, 0.2) is 24.3 Å². The molecule has 0 atom stereocenters. The fourth-order valence-corrected chi connectivity index (χ4v) is 2.61. The average molecular weight is 307 g/mol. The SMILES string of the molecule is CON(C)C(=O)C1CCN(c2ccc(NC(=O)O)cc2)CC1. The first-order valence-electron chi connectivity index (χ1n) is 7.18. The minimum Gasteiger partial charge on any atom is -0.465 e. The highest BCUT2D eigenvalue weighted by Crippen LogP contribution is 2.25. The smallest absolute Gasteiger partial charge is 0.409 e. The van der Waals surface area contributed by atoms with Crippen LogP contribution in [0, 0.1) is 5.92 Å². The molecule has 1 heterocycles. The number of nitrogens with zero attached hydrogens (tertiary/aromatic N) is 2. The van der Waals surface area contributed by atoms with Crippen molar-refractivity contribution < 1.29 is 19.5 Å². The summed E-state index contributed by atoms with van der Waals surface area (Å²) < 4.78 is 0. The molecule has 120 valence electrons. The zero-order valence-electron chi connectivity index (χ0n) is 12.8. The van der Waals surface area contributed by atoms with Gasteiger partial charge in [0.15, 0.2) is 0 Å². The Morgan fingerprint density at radius 2 is 1.86 bits per heavy atom. The van der Waals surface area contributed by atoms with Crippen molar-refractivity contribution in [2.24, 2.45) is 5.92 Å². The van der Waals surface area contributed by atoms with Gasteiger partial charge in [-0.05, 0) is 37.1 Å². The van der Waals surface area contributed by atoms with Crippen molar-refractivity contribution in [1.82, 2.24) is 5.06 Å². The van der Waals surface area contributed by atoms with Crippen LogP contribution in [0.4, 0.5) is 16.2 Å². The summed E-state index contributed by atoms with van der Waals surface area (Å²) in [7, 11) is 3.11. The Labute approximate surface area is 129 Å². The van der Waals surface area contributed by atoms with Crippen LogP contribution in [0.1, 0.15) is 12.8 Å². The molecule has 1 aliphatic rings. The standard InChI is InChI=1S/C15H21N3O4/c1-17(22-2)14(19)11-7-9-18(10-8-11)13-5-3-12(4-6-13)16-15(20)21/h3-6,11,16H,7-10H2,1-2H3,(H,20,21). The fourth-order valence-electron chi connectivity index (χ4n) is 2.61. The summed E-state index contributed by atoms with van der Waals surface area (Å²) in [6.07, 6.45) is 0.484. The average Bonchev–Trinajstić information content (AvgIpc) is 2.54. The van der Waals surface area contributed by atoms with Gasteiger partial charge in [-0.15, -0.1) is 0 Å². The Hall–Kier alpha value is -2.28. The predicted molar refractivity (Wildman–Crippen MR) is 82.8 cm³/mol. The maximum Gasteiger partial charge on any atom is 0.409 e. The molecule has 0 aliphatic carbocycles. The van der Waals surface area contributed by atoms with E-state index in [0.29, 0.717) is 5.69 Å². The van der Waals surface area contributed by atoms with Crippen LogP contribution in [0.3, 0.4) is 0 Å². The Bertz CT molecular complexity index is 524. The van der Waals surface area contributed by atoms with Gasteiger partial charge in [0, 0.05) is 37.4 Å². The number of hydrogen-bond donors (Lipinski definition) is 2. The fraction of sp³-hybridized carbons (Fsp3) is 0.467. The lowest BCUT2D eigenvalue weighted by atomic mass is 9.95. The van der Waals surface area contributed by atoms with Gasteiger partial charge in [-0.2, -0.15) is 0 Å². The Morgan fingerprint density at radius 1 is 1.27 bits per heavy atom. The molecule has 1 aromatic rings. The number of carboxylic acid groups (broad SMARTS) is 1. The molecule has 0 aromatic heterocycles. The molecule has 0 unspecified atom stereocenters. The maximum atomic E-state index is 12.0. The van der Waals surface area contributed by atoms with Gasteiger partial charge in [-0.1, -0.05) is 0 Å². The second-order valence-corrected chi connectivity index (χ2v) is 5.26. The maximum absolute atomic E-state index is 12.0. The van der Waals surface area contributed by atoms with Crippen LogP contribution in [0.2, 0.25) is 0 Å². The van der Waals surface area contributed by atoms with E-state index in [9.17, 15) is 9.59 Å². The summed E-state index contributed by atoms with van der Waals surface area (Å²) in [6, 6.07) is 7.24. The number of rotatable bonds is 4. The van der Waals surface area contributed by atoms with Gasteiger partial charge >= 0.3 is 6.09 Å². The van der Waals surface area contributed by atoms with E-state index in [1.165, 1.54) is 12.2 Å². The molecule has 1 saturated heterocycles. The third kappa shape index (κ3) is 3.88. The first kappa shape index (κ1) is 16.1. The lowest BCUT2D eigenvalue weighted by Crippen LogP contribution is -2.41. The first-order chi connectivity index (χ1) is 10.5. The van der Waals surface area contributed by atoms with Gasteiger partial charge in [0.05, 0.1) is 7.11 Å². The van der Waals surface area contributed by atoms with E-state index in [0.717, 1.165) is 31.6 Å². The van der Waals surface area contributed by atoms with Crippen molar-refractivity contribution in [2.45, 2.75) is 12.8 Å². The normalized spacial score (nSPS) is 15.5. The van der Waals surface area contributed by atoms with Crippen molar-refractivity contribution in [3.63, 3.8) is 0 Å². The van der Waals surface area contributed by atoms with Crippen LogP contribution < -0.4 is 10.2 Å². The highest BCUT2D eigenvalue weighted by atomic mass is 16.7. The van der Waals surface area contributed by atoms with Crippen molar-refractivity contribution in [2.75, 3.05) is 37.5 Å². The van der Waals surface area contributed by atoms with Gasteiger partial charge in [0.25, 0.3) is 0 Å². The summed E-state index contributed by atoms with van der Waals surface area (Å²) in [6.45, 7) is 1.58. The number of piperidine rings is 1. The predicted octanol–water partition coefficient (Wildman–Crippen LogP) is 2.01. The number of hydrogen-bond acceptors (Lipinski definition) is 4. The molecular formula is C15H21N3O4. The van der Waals surface area contributed by atoms with E-state index in [4.69, 9.17) is 9.94 Å². The Kier molecular flexibility index (Phi) is 5.21. The van der Waals surface area contributed by atoms with E-state index < -0.39 is 6.09 Å². The molecule has 0 spiro atoms. The summed E-state index contributed by atoms with van der Waals surface area (Å²) >= 11 is 0. The summed E-state index contributed by atoms with van der Waals surface area (Å²) in [5.41, 5.74) is 1.57. The summed E-state index contributed by atoms with van der Waals surface area (Å²) in [4.78, 5) is 29.7. The number of carbonyl (C=O) groups is 2. The van der Waals surface area contributed by atoms with Crippen molar-refractivity contribution in [3.05, 3.63) is 24.3 Å². The molecule has 0 radical (unpaired) electrons. The third-order valence-corrected chi connectivity index (χ3v) is 3.91. The van der Waals surface area contributed by atoms with Crippen molar-refractivity contribution in [1.29, 1.82) is 0 Å². The molecule has 0 bridgehead atoms. The molecule has 2 N–H and O–H groups in total. The molecule has 7 heteroatoms. The van der Waals surface area contributed by atoms with E-state index in [1.54, 1.807) is 19.2 Å². The van der Waals surface area contributed by atoms with Gasteiger partial charge in [0.1, 0.15) is 0 Å². The molecule has 2 rings (SSSR count). The van der Waals surface area contributed by atoms with E-state index in [1.807, 2.05) is 12.1 Å². The van der Waals surface area contributed by atoms with Crippen LogP contribution in [0.5, 0.6) is 0 Å². The van der Waals surface area contributed by atoms with Crippen LogP contribution >= 0.6 is 0 Å².